The zero-order valence-corrected chi connectivity index (χ0v) is 12.1. The normalized spacial score (nSPS) is 25.9. The van der Waals surface area contributed by atoms with E-state index in [9.17, 15) is 5.11 Å². The van der Waals surface area contributed by atoms with Crippen molar-refractivity contribution in [3.8, 4) is 0 Å². The van der Waals surface area contributed by atoms with Crippen molar-refractivity contribution in [3.05, 3.63) is 21.0 Å². The molecular formula is C11H15Br2NO2. The molecule has 0 bridgehead atoms. The van der Waals surface area contributed by atoms with Crippen molar-refractivity contribution in [1.29, 1.82) is 0 Å². The van der Waals surface area contributed by atoms with Crippen molar-refractivity contribution in [3.63, 3.8) is 0 Å². The van der Waals surface area contributed by atoms with E-state index in [1.54, 1.807) is 0 Å². The van der Waals surface area contributed by atoms with Crippen molar-refractivity contribution in [2.75, 3.05) is 0 Å². The molecule has 5 heteroatoms. The lowest BCUT2D eigenvalue weighted by atomic mass is 9.92. The molecule has 3 nitrogen and oxygen atoms in total. The minimum Gasteiger partial charge on any atom is -0.452 e. The smallest absolute Gasteiger partial charge is 0.183 e. The lowest BCUT2D eigenvalue weighted by molar-refractivity contribution is 0.0893. The Hall–Kier alpha value is 0.160. The van der Waals surface area contributed by atoms with Crippen LogP contribution in [-0.2, 0) is 6.54 Å². The van der Waals surface area contributed by atoms with Crippen molar-refractivity contribution in [1.82, 2.24) is 5.32 Å². The topological polar surface area (TPSA) is 45.4 Å². The summed E-state index contributed by atoms with van der Waals surface area (Å²) in [5, 5.41) is 13.1. The fraction of sp³-hybridized carbons (Fsp3) is 0.636. The van der Waals surface area contributed by atoms with E-state index in [-0.39, 0.29) is 12.1 Å². The van der Waals surface area contributed by atoms with Crippen LogP contribution in [0, 0.1) is 0 Å². The Morgan fingerprint density at radius 3 is 2.75 bits per heavy atom. The Labute approximate surface area is 112 Å². The fourth-order valence-electron chi connectivity index (χ4n) is 2.06. The SMILES string of the molecule is OC1CCCCC1NCc1cc(Br)c(Br)o1. The summed E-state index contributed by atoms with van der Waals surface area (Å²) in [6, 6.07) is 2.14. The summed E-state index contributed by atoms with van der Waals surface area (Å²) in [5.74, 6) is 0.872. The predicted molar refractivity (Wildman–Crippen MR) is 69.2 cm³/mol. The van der Waals surface area contributed by atoms with Crippen LogP contribution in [0.4, 0.5) is 0 Å². The van der Waals surface area contributed by atoms with E-state index in [4.69, 9.17) is 4.42 Å². The van der Waals surface area contributed by atoms with Crippen LogP contribution in [0.15, 0.2) is 19.6 Å². The van der Waals surface area contributed by atoms with Gasteiger partial charge in [-0.2, -0.15) is 0 Å². The summed E-state index contributed by atoms with van der Waals surface area (Å²) in [7, 11) is 0. The molecule has 1 heterocycles. The van der Waals surface area contributed by atoms with Crippen molar-refractivity contribution < 1.29 is 9.52 Å². The van der Waals surface area contributed by atoms with Crippen LogP contribution in [0.3, 0.4) is 0 Å². The number of hydrogen-bond acceptors (Lipinski definition) is 3. The molecule has 1 aromatic heterocycles. The number of hydrogen-bond donors (Lipinski definition) is 2. The Morgan fingerprint density at radius 2 is 2.12 bits per heavy atom. The van der Waals surface area contributed by atoms with Crippen molar-refractivity contribution in [2.45, 2.75) is 44.4 Å². The Balaban J connectivity index is 1.86. The standard InChI is InChI=1S/C11H15Br2NO2/c12-8-5-7(16-11(8)13)6-14-9-3-1-2-4-10(9)15/h5,9-10,14-15H,1-4,6H2. The van der Waals surface area contributed by atoms with Gasteiger partial charge in [-0.05, 0) is 50.8 Å². The van der Waals surface area contributed by atoms with Gasteiger partial charge in [0.05, 0.1) is 17.1 Å². The minimum absolute atomic E-state index is 0.205. The first-order chi connectivity index (χ1) is 7.66. The van der Waals surface area contributed by atoms with Crippen LogP contribution in [0.25, 0.3) is 0 Å². The summed E-state index contributed by atoms with van der Waals surface area (Å²) < 4.78 is 7.11. The summed E-state index contributed by atoms with van der Waals surface area (Å²) >= 11 is 6.68. The molecule has 1 saturated carbocycles. The molecule has 1 fully saturated rings. The monoisotopic (exact) mass is 351 g/mol. The van der Waals surface area contributed by atoms with Gasteiger partial charge in [0.25, 0.3) is 0 Å². The summed E-state index contributed by atoms with van der Waals surface area (Å²) in [6.07, 6.45) is 4.07. The molecule has 0 amide bonds. The van der Waals surface area contributed by atoms with Crippen molar-refractivity contribution in [2.24, 2.45) is 0 Å². The molecule has 1 aromatic rings. The van der Waals surface area contributed by atoms with Gasteiger partial charge in [-0.1, -0.05) is 12.8 Å². The number of rotatable bonds is 3. The second kappa shape index (κ2) is 5.67. The van der Waals surface area contributed by atoms with Gasteiger partial charge in [0, 0.05) is 6.04 Å². The molecule has 90 valence electrons. The largest absolute Gasteiger partial charge is 0.452 e. The first-order valence-corrected chi connectivity index (χ1v) is 7.10. The van der Waals surface area contributed by atoms with Crippen LogP contribution in [0.1, 0.15) is 31.4 Å². The highest BCUT2D eigenvalue weighted by molar-refractivity contribution is 9.13. The van der Waals surface area contributed by atoms with E-state index in [0.717, 1.165) is 29.5 Å². The van der Waals surface area contributed by atoms with Gasteiger partial charge in [-0.3, -0.25) is 0 Å². The lowest BCUT2D eigenvalue weighted by Gasteiger charge is -2.28. The third-order valence-electron chi connectivity index (χ3n) is 2.96. The number of nitrogens with one attached hydrogen (secondary N) is 1. The van der Waals surface area contributed by atoms with Gasteiger partial charge < -0.3 is 14.8 Å². The number of furan rings is 1. The molecule has 2 N–H and O–H groups in total. The molecule has 0 aromatic carbocycles. The summed E-state index contributed by atoms with van der Waals surface area (Å²) in [4.78, 5) is 0. The lowest BCUT2D eigenvalue weighted by Crippen LogP contribution is -2.41. The molecular weight excluding hydrogens is 338 g/mol. The van der Waals surface area contributed by atoms with E-state index in [2.05, 4.69) is 37.2 Å². The quantitative estimate of drug-likeness (QED) is 0.878. The third kappa shape index (κ3) is 3.09. The van der Waals surface area contributed by atoms with E-state index in [1.807, 2.05) is 6.07 Å². The number of halogens is 2. The third-order valence-corrected chi connectivity index (χ3v) is 4.67. The van der Waals surface area contributed by atoms with Crippen LogP contribution < -0.4 is 5.32 Å². The first-order valence-electron chi connectivity index (χ1n) is 5.52. The molecule has 0 spiro atoms. The fourth-order valence-corrected chi connectivity index (χ4v) is 2.72. The minimum atomic E-state index is -0.212. The second-order valence-electron chi connectivity index (χ2n) is 4.17. The van der Waals surface area contributed by atoms with Crippen LogP contribution in [0.5, 0.6) is 0 Å². The van der Waals surface area contributed by atoms with E-state index >= 15 is 0 Å². The highest BCUT2D eigenvalue weighted by Crippen LogP contribution is 2.27. The number of aliphatic hydroxyl groups is 1. The highest BCUT2D eigenvalue weighted by atomic mass is 79.9. The van der Waals surface area contributed by atoms with Crippen molar-refractivity contribution >= 4 is 31.9 Å². The molecule has 2 atom stereocenters. The maximum atomic E-state index is 9.80. The molecule has 0 saturated heterocycles. The summed E-state index contributed by atoms with van der Waals surface area (Å²) in [6.45, 7) is 0.659. The van der Waals surface area contributed by atoms with Gasteiger partial charge in [-0.15, -0.1) is 0 Å². The number of aliphatic hydroxyl groups excluding tert-OH is 1. The van der Waals surface area contributed by atoms with Crippen LogP contribution >= 0.6 is 31.9 Å². The zero-order valence-electron chi connectivity index (χ0n) is 8.88. The maximum absolute atomic E-state index is 9.80. The summed E-state index contributed by atoms with van der Waals surface area (Å²) in [5.41, 5.74) is 0. The van der Waals surface area contributed by atoms with Crippen LogP contribution in [-0.4, -0.2) is 17.3 Å². The van der Waals surface area contributed by atoms with Gasteiger partial charge >= 0.3 is 0 Å². The molecule has 0 radical (unpaired) electrons. The van der Waals surface area contributed by atoms with Crippen LogP contribution in [0.2, 0.25) is 0 Å². The van der Waals surface area contributed by atoms with E-state index in [1.165, 1.54) is 6.42 Å². The van der Waals surface area contributed by atoms with E-state index < -0.39 is 0 Å². The Bertz CT molecular complexity index is 334. The van der Waals surface area contributed by atoms with Gasteiger partial charge in [0.15, 0.2) is 4.67 Å². The molecule has 0 aliphatic heterocycles. The van der Waals surface area contributed by atoms with E-state index in [0.29, 0.717) is 11.2 Å². The first kappa shape index (κ1) is 12.6. The average Bonchev–Trinajstić information content (AvgIpc) is 2.57. The van der Waals surface area contributed by atoms with Gasteiger partial charge in [0.2, 0.25) is 0 Å². The molecule has 2 rings (SSSR count). The highest BCUT2D eigenvalue weighted by Gasteiger charge is 2.22. The Morgan fingerprint density at radius 1 is 1.38 bits per heavy atom. The molecule has 1 aliphatic carbocycles. The maximum Gasteiger partial charge on any atom is 0.183 e. The molecule has 16 heavy (non-hydrogen) atoms. The van der Waals surface area contributed by atoms with Gasteiger partial charge in [0.1, 0.15) is 5.76 Å². The predicted octanol–water partition coefficient (Wildman–Crippen LogP) is 3.20. The second-order valence-corrected chi connectivity index (χ2v) is 5.75. The zero-order chi connectivity index (χ0) is 11.5. The molecule has 2 unspecified atom stereocenters. The molecule has 1 aliphatic rings. The Kier molecular flexibility index (Phi) is 4.47. The van der Waals surface area contributed by atoms with Gasteiger partial charge in [-0.25, -0.2) is 0 Å². The average molecular weight is 353 g/mol.